The Morgan fingerprint density at radius 1 is 1.06 bits per heavy atom. The Morgan fingerprint density at radius 3 is 2.48 bits per heavy atom. The van der Waals surface area contributed by atoms with Crippen molar-refractivity contribution in [3.05, 3.63) is 58.3 Å². The van der Waals surface area contributed by atoms with Gasteiger partial charge >= 0.3 is 0 Å². The van der Waals surface area contributed by atoms with Crippen molar-refractivity contribution in [2.75, 3.05) is 31.1 Å². The summed E-state index contributed by atoms with van der Waals surface area (Å²) in [6, 6.07) is 12.0. The van der Waals surface area contributed by atoms with Gasteiger partial charge in [-0.05, 0) is 55.7 Å². The Bertz CT molecular complexity index is 1180. The van der Waals surface area contributed by atoms with Crippen molar-refractivity contribution in [3.8, 4) is 0 Å². The number of imidazole rings is 1. The molecule has 33 heavy (non-hydrogen) atoms. The molecular weight excluding hydrogens is 457 g/mol. The molecule has 1 aliphatic carbocycles. The molecule has 3 aromatic rings. The van der Waals surface area contributed by atoms with Gasteiger partial charge in [0.15, 0.2) is 0 Å². The smallest absolute Gasteiger partial charge is 0.242 e. The van der Waals surface area contributed by atoms with Crippen molar-refractivity contribution >= 4 is 45.8 Å². The predicted molar refractivity (Wildman–Crippen MR) is 134 cm³/mol. The molecule has 1 saturated heterocycles. The first kappa shape index (κ1) is 22.5. The maximum absolute atomic E-state index is 13.0. The van der Waals surface area contributed by atoms with Gasteiger partial charge in [0.05, 0.1) is 28.9 Å². The second-order valence-corrected chi connectivity index (χ2v) is 10.2. The summed E-state index contributed by atoms with van der Waals surface area (Å²) in [6.07, 6.45) is 5.58. The number of carbonyl (C=O) groups is 1. The average molecular weight is 486 g/mol. The predicted octanol–water partition coefficient (Wildman–Crippen LogP) is 4.87. The molecule has 1 saturated carbocycles. The van der Waals surface area contributed by atoms with Gasteiger partial charge in [0.2, 0.25) is 5.91 Å². The van der Waals surface area contributed by atoms with E-state index in [0.717, 1.165) is 61.1 Å². The van der Waals surface area contributed by atoms with Gasteiger partial charge in [-0.25, -0.2) is 4.98 Å². The number of hydrogen-bond donors (Lipinski definition) is 1. The summed E-state index contributed by atoms with van der Waals surface area (Å²) in [7, 11) is 0. The molecule has 2 N–H and O–H groups in total. The summed E-state index contributed by atoms with van der Waals surface area (Å²) in [5.74, 6) is 0.127. The number of carbonyl (C=O) groups excluding carboxylic acids is 1. The van der Waals surface area contributed by atoms with E-state index in [9.17, 15) is 4.79 Å². The van der Waals surface area contributed by atoms with Crippen LogP contribution in [0.15, 0.2) is 42.7 Å². The molecule has 2 aromatic carbocycles. The normalized spacial score (nSPS) is 19.3. The van der Waals surface area contributed by atoms with E-state index < -0.39 is 5.54 Å². The first-order chi connectivity index (χ1) is 15.9. The highest BCUT2D eigenvalue weighted by molar-refractivity contribution is 6.35. The number of nitrogens with two attached hydrogens (primary N) is 1. The summed E-state index contributed by atoms with van der Waals surface area (Å²) in [5.41, 5.74) is 9.89. The zero-order valence-electron chi connectivity index (χ0n) is 18.8. The molecule has 2 fully saturated rings. The van der Waals surface area contributed by atoms with Crippen molar-refractivity contribution in [2.45, 2.75) is 44.2 Å². The number of nitrogens with zero attached hydrogens (tertiary/aromatic N) is 4. The minimum atomic E-state index is -0.646. The average Bonchev–Trinajstić information content (AvgIpc) is 3.45. The van der Waals surface area contributed by atoms with Crippen LogP contribution in [0.1, 0.15) is 44.2 Å². The van der Waals surface area contributed by atoms with Gasteiger partial charge in [-0.2, -0.15) is 0 Å². The van der Waals surface area contributed by atoms with Gasteiger partial charge < -0.3 is 20.1 Å². The zero-order chi connectivity index (χ0) is 23.2. The molecule has 2 heterocycles. The molecule has 0 radical (unpaired) electrons. The molecule has 174 valence electrons. The molecule has 6 nitrogen and oxygen atoms in total. The highest BCUT2D eigenvalue weighted by Crippen LogP contribution is 2.33. The topological polar surface area (TPSA) is 67.4 Å². The van der Waals surface area contributed by atoms with Crippen LogP contribution < -0.4 is 10.6 Å². The zero-order valence-corrected chi connectivity index (χ0v) is 20.3. The van der Waals surface area contributed by atoms with Crippen molar-refractivity contribution < 1.29 is 4.79 Å². The van der Waals surface area contributed by atoms with Crippen molar-refractivity contribution in [2.24, 2.45) is 5.73 Å². The van der Waals surface area contributed by atoms with Crippen LogP contribution in [-0.2, 0) is 4.79 Å². The number of anilines is 1. The van der Waals surface area contributed by atoms with E-state index in [1.165, 1.54) is 0 Å². The number of fused-ring (bicyclic) bond motifs is 1. The van der Waals surface area contributed by atoms with Crippen molar-refractivity contribution in [3.63, 3.8) is 0 Å². The van der Waals surface area contributed by atoms with Crippen molar-refractivity contribution in [1.29, 1.82) is 0 Å². The molecular formula is C25H29Cl2N5O. The van der Waals surface area contributed by atoms with Crippen LogP contribution in [0, 0.1) is 0 Å². The molecule has 0 spiro atoms. The maximum Gasteiger partial charge on any atom is 0.242 e. The SMILES string of the molecule is C[C@H](c1ccc(Cl)cc1Cl)n1cnc2ccc(N3CCN(C(=O)C4(N)CCCC4)CC3)cc21. The third-order valence-corrected chi connectivity index (χ3v) is 7.80. The lowest BCUT2D eigenvalue weighted by atomic mass is 9.97. The fourth-order valence-corrected chi connectivity index (χ4v) is 5.78. The fraction of sp³-hybridized carbons (Fsp3) is 0.440. The maximum atomic E-state index is 13.0. The number of aromatic nitrogens is 2. The molecule has 1 amide bonds. The fourth-order valence-electron chi connectivity index (χ4n) is 5.21. The van der Waals surface area contributed by atoms with Gasteiger partial charge in [0, 0.05) is 41.9 Å². The summed E-state index contributed by atoms with van der Waals surface area (Å²) < 4.78 is 2.14. The lowest BCUT2D eigenvalue weighted by molar-refractivity contribution is -0.137. The monoisotopic (exact) mass is 485 g/mol. The Labute approximate surface area is 204 Å². The van der Waals surface area contributed by atoms with E-state index in [0.29, 0.717) is 23.1 Å². The Kier molecular flexibility index (Phi) is 6.02. The van der Waals surface area contributed by atoms with Crippen LogP contribution >= 0.6 is 23.2 Å². The summed E-state index contributed by atoms with van der Waals surface area (Å²) >= 11 is 12.6. The molecule has 0 bridgehead atoms. The Hall–Kier alpha value is -2.28. The molecule has 1 aliphatic heterocycles. The van der Waals surface area contributed by atoms with Gasteiger partial charge in [-0.3, -0.25) is 4.79 Å². The second kappa shape index (κ2) is 8.82. The van der Waals surface area contributed by atoms with Crippen LogP contribution in [0.2, 0.25) is 10.0 Å². The lowest BCUT2D eigenvalue weighted by Crippen LogP contribution is -2.58. The van der Waals surface area contributed by atoms with Gasteiger partial charge in [0.25, 0.3) is 0 Å². The highest BCUT2D eigenvalue weighted by atomic mass is 35.5. The van der Waals surface area contributed by atoms with Crippen LogP contribution in [0.4, 0.5) is 5.69 Å². The second-order valence-electron chi connectivity index (χ2n) is 9.31. The minimum absolute atomic E-state index is 0.0108. The van der Waals surface area contributed by atoms with Crippen LogP contribution in [0.3, 0.4) is 0 Å². The first-order valence-electron chi connectivity index (χ1n) is 11.6. The molecule has 8 heteroatoms. The lowest BCUT2D eigenvalue weighted by Gasteiger charge is -2.39. The molecule has 2 aliphatic rings. The quantitative estimate of drug-likeness (QED) is 0.571. The van der Waals surface area contributed by atoms with E-state index in [1.807, 2.05) is 23.4 Å². The highest BCUT2D eigenvalue weighted by Gasteiger charge is 2.40. The van der Waals surface area contributed by atoms with E-state index in [1.54, 1.807) is 6.07 Å². The van der Waals surface area contributed by atoms with Crippen LogP contribution in [0.25, 0.3) is 11.0 Å². The molecule has 1 atom stereocenters. The van der Waals surface area contributed by atoms with E-state index in [-0.39, 0.29) is 11.9 Å². The molecule has 5 rings (SSSR count). The first-order valence-corrected chi connectivity index (χ1v) is 12.4. The third kappa shape index (κ3) is 4.20. The van der Waals surface area contributed by atoms with Crippen LogP contribution in [-0.4, -0.2) is 52.1 Å². The molecule has 1 aromatic heterocycles. The number of hydrogen-bond acceptors (Lipinski definition) is 4. The Balaban J connectivity index is 1.34. The number of piperazine rings is 1. The Morgan fingerprint density at radius 2 is 1.79 bits per heavy atom. The van der Waals surface area contributed by atoms with Crippen LogP contribution in [0.5, 0.6) is 0 Å². The largest absolute Gasteiger partial charge is 0.368 e. The summed E-state index contributed by atoms with van der Waals surface area (Å²) in [5, 5.41) is 1.27. The molecule has 0 unspecified atom stereocenters. The number of benzene rings is 2. The van der Waals surface area contributed by atoms with Gasteiger partial charge in [0.1, 0.15) is 0 Å². The number of rotatable bonds is 4. The number of halogens is 2. The van der Waals surface area contributed by atoms with Gasteiger partial charge in [-0.1, -0.05) is 42.1 Å². The number of amides is 1. The standard InChI is InChI=1S/C25H29Cl2N5O/c1-17(20-6-4-18(26)14-21(20)27)32-16-29-22-7-5-19(15-23(22)32)30-10-12-31(13-11-30)24(33)25(28)8-2-3-9-25/h4-7,14-17H,2-3,8-13,28H2,1H3/t17-/m1/s1. The summed E-state index contributed by atoms with van der Waals surface area (Å²) in [4.78, 5) is 21.8. The van der Waals surface area contributed by atoms with E-state index in [4.69, 9.17) is 28.9 Å². The van der Waals surface area contributed by atoms with Crippen molar-refractivity contribution in [1.82, 2.24) is 14.5 Å². The third-order valence-electron chi connectivity index (χ3n) is 7.24. The summed E-state index contributed by atoms with van der Waals surface area (Å²) in [6.45, 7) is 5.09. The van der Waals surface area contributed by atoms with E-state index >= 15 is 0 Å². The van der Waals surface area contributed by atoms with Gasteiger partial charge in [-0.15, -0.1) is 0 Å². The minimum Gasteiger partial charge on any atom is -0.368 e. The van der Waals surface area contributed by atoms with E-state index in [2.05, 4.69) is 39.6 Å².